The van der Waals surface area contributed by atoms with Crippen LogP contribution in [0.15, 0.2) is 24.2 Å². The van der Waals surface area contributed by atoms with Gasteiger partial charge in [0.05, 0.1) is 12.9 Å². The Kier molecular flexibility index (Phi) is 1.76. The standard InChI is InChI=1S/C13H18ClNO/c1-9(15-13(2,3)4)12(16)10-6-5-7-11(14)8-10/h5-9,15H,1-4H3/t9-/m1/s1/i1D3,5D,6D,7D,8D,9D. The Morgan fingerprint density at radius 3 is 2.88 bits per heavy atom. The zero-order chi connectivity index (χ0) is 19.2. The Morgan fingerprint density at radius 2 is 2.31 bits per heavy atom. The van der Waals surface area contributed by atoms with Crippen molar-refractivity contribution < 1.29 is 15.8 Å². The van der Waals surface area contributed by atoms with Gasteiger partial charge in [0.2, 0.25) is 0 Å². The maximum Gasteiger partial charge on any atom is 0.179 e. The Bertz CT molecular complexity index is 653. The zero-order valence-electron chi connectivity index (χ0n) is 17.3. The Balaban J connectivity index is 3.70. The van der Waals surface area contributed by atoms with Crippen molar-refractivity contribution >= 4 is 17.4 Å². The molecule has 16 heavy (non-hydrogen) atoms. The summed E-state index contributed by atoms with van der Waals surface area (Å²) in [6.45, 7) is 1.58. The number of rotatable bonds is 3. The molecule has 0 aliphatic carbocycles. The number of benzene rings is 1. The molecule has 1 aromatic carbocycles. The monoisotopic (exact) mass is 247 g/mol. The Hall–Kier alpha value is -0.860. The fraction of sp³-hybridized carbons (Fsp3) is 0.462. The average Bonchev–Trinajstić information content (AvgIpc) is 2.40. The van der Waals surface area contributed by atoms with Crippen molar-refractivity contribution in [1.29, 1.82) is 0 Å². The highest BCUT2D eigenvalue weighted by molar-refractivity contribution is 6.31. The number of hydrogen-bond acceptors (Lipinski definition) is 2. The summed E-state index contributed by atoms with van der Waals surface area (Å²) in [5.74, 6) is -1.36. The lowest BCUT2D eigenvalue weighted by atomic mass is 10.0. The molecule has 1 atom stereocenters. The van der Waals surface area contributed by atoms with Gasteiger partial charge in [0.15, 0.2) is 5.78 Å². The fourth-order valence-corrected chi connectivity index (χ4v) is 1.13. The number of halogens is 1. The number of carbonyl (C=O) groups is 1. The molecule has 0 heterocycles. The van der Waals surface area contributed by atoms with Crippen LogP contribution in [0, 0.1) is 0 Å². The second-order valence-electron chi connectivity index (χ2n) is 4.27. The van der Waals surface area contributed by atoms with Gasteiger partial charge in [-0.05, 0) is 39.7 Å². The first-order valence-electron chi connectivity index (χ1n) is 8.64. The molecule has 0 saturated heterocycles. The van der Waals surface area contributed by atoms with Crippen LogP contribution in [0.4, 0.5) is 0 Å². The van der Waals surface area contributed by atoms with Crippen LogP contribution in [0.25, 0.3) is 0 Å². The summed E-state index contributed by atoms with van der Waals surface area (Å²) in [4.78, 5) is 12.8. The quantitative estimate of drug-likeness (QED) is 0.831. The Morgan fingerprint density at radius 1 is 1.62 bits per heavy atom. The van der Waals surface area contributed by atoms with Crippen LogP contribution in [-0.4, -0.2) is 17.3 Å². The van der Waals surface area contributed by atoms with E-state index in [2.05, 4.69) is 5.32 Å². The smallest absolute Gasteiger partial charge is 0.179 e. The summed E-state index contributed by atoms with van der Waals surface area (Å²) in [5, 5.41) is 1.88. The summed E-state index contributed by atoms with van der Waals surface area (Å²) in [6.07, 6.45) is 0. The third-order valence-corrected chi connectivity index (χ3v) is 1.74. The second kappa shape index (κ2) is 4.98. The molecule has 0 saturated carbocycles. The van der Waals surface area contributed by atoms with E-state index in [-0.39, 0.29) is 0 Å². The van der Waals surface area contributed by atoms with E-state index in [1.807, 2.05) is 0 Å². The molecule has 2 nitrogen and oxygen atoms in total. The van der Waals surface area contributed by atoms with Crippen molar-refractivity contribution in [2.24, 2.45) is 0 Å². The minimum Gasteiger partial charge on any atom is -0.303 e. The first-order valence-corrected chi connectivity index (χ1v) is 5.02. The molecule has 0 aliphatic heterocycles. The summed E-state index contributed by atoms with van der Waals surface area (Å²) in [7, 11) is 0. The topological polar surface area (TPSA) is 29.1 Å². The van der Waals surface area contributed by atoms with Gasteiger partial charge in [-0.2, -0.15) is 0 Å². The maximum atomic E-state index is 12.8. The van der Waals surface area contributed by atoms with Crippen molar-refractivity contribution in [2.45, 2.75) is 39.2 Å². The highest BCUT2D eigenvalue weighted by Gasteiger charge is 2.20. The molecule has 0 aliphatic rings. The molecule has 0 bridgehead atoms. The fourth-order valence-electron chi connectivity index (χ4n) is 0.991. The van der Waals surface area contributed by atoms with Gasteiger partial charge in [-0.25, -0.2) is 0 Å². The van der Waals surface area contributed by atoms with E-state index >= 15 is 0 Å². The first-order chi connectivity index (χ1) is 10.5. The lowest BCUT2D eigenvalue weighted by Crippen LogP contribution is -2.46. The van der Waals surface area contributed by atoms with Crippen LogP contribution >= 0.6 is 11.6 Å². The minimum atomic E-state index is -3.11. The van der Waals surface area contributed by atoms with Crippen molar-refractivity contribution in [1.82, 2.24) is 5.32 Å². The molecule has 0 radical (unpaired) electrons. The van der Waals surface area contributed by atoms with Gasteiger partial charge < -0.3 is 5.32 Å². The van der Waals surface area contributed by atoms with E-state index < -0.39 is 58.9 Å². The molecule has 0 fully saturated rings. The average molecular weight is 248 g/mol. The number of ketones is 1. The lowest BCUT2D eigenvalue weighted by Gasteiger charge is -2.25. The number of carbonyl (C=O) groups excluding carboxylic acids is 1. The van der Waals surface area contributed by atoms with Crippen LogP contribution in [0.5, 0.6) is 0 Å². The van der Waals surface area contributed by atoms with Gasteiger partial charge in [0, 0.05) is 20.2 Å². The van der Waals surface area contributed by atoms with E-state index in [4.69, 9.17) is 22.6 Å². The predicted molar refractivity (Wildman–Crippen MR) is 68.1 cm³/mol. The van der Waals surface area contributed by atoms with E-state index in [1.165, 1.54) is 0 Å². The largest absolute Gasteiger partial charge is 0.303 e. The molecule has 1 rings (SSSR count). The van der Waals surface area contributed by atoms with Gasteiger partial charge in [-0.3, -0.25) is 4.79 Å². The number of Topliss-reactive ketones (excluding diaryl/α,β-unsaturated/α-hetero) is 1. The van der Waals surface area contributed by atoms with Crippen molar-refractivity contribution in [3.8, 4) is 0 Å². The maximum absolute atomic E-state index is 12.8. The van der Waals surface area contributed by atoms with Crippen LogP contribution in [-0.2, 0) is 0 Å². The molecular weight excluding hydrogens is 222 g/mol. The third kappa shape index (κ3) is 3.95. The van der Waals surface area contributed by atoms with Crippen molar-refractivity contribution in [3.05, 3.63) is 34.8 Å². The van der Waals surface area contributed by atoms with Crippen molar-refractivity contribution in [2.75, 3.05) is 0 Å². The molecular formula is C13H18ClNO. The molecule has 0 amide bonds. The number of nitrogens with one attached hydrogen (secondary N) is 1. The van der Waals surface area contributed by atoms with Crippen LogP contribution in [0.2, 0.25) is 5.02 Å². The highest BCUT2D eigenvalue weighted by Crippen LogP contribution is 2.13. The highest BCUT2D eigenvalue weighted by atomic mass is 35.5. The minimum absolute atomic E-state index is 0.539. The van der Waals surface area contributed by atoms with E-state index in [0.717, 1.165) is 0 Å². The summed E-state index contributed by atoms with van der Waals surface area (Å²) in [5.41, 5.74) is -1.69. The molecule has 0 spiro atoms. The molecule has 1 N–H and O–H groups in total. The van der Waals surface area contributed by atoms with E-state index in [9.17, 15) is 4.79 Å². The van der Waals surface area contributed by atoms with E-state index in [1.54, 1.807) is 20.8 Å². The zero-order valence-corrected chi connectivity index (χ0v) is 10.0. The molecule has 88 valence electrons. The summed E-state index contributed by atoms with van der Waals surface area (Å²) < 4.78 is 61.7. The molecule has 1 aromatic rings. The van der Waals surface area contributed by atoms with Gasteiger partial charge in [0.25, 0.3) is 0 Å². The van der Waals surface area contributed by atoms with Crippen LogP contribution in [0.1, 0.15) is 48.9 Å². The van der Waals surface area contributed by atoms with Crippen molar-refractivity contribution in [3.63, 3.8) is 0 Å². The third-order valence-electron chi connectivity index (χ3n) is 1.55. The van der Waals surface area contributed by atoms with Gasteiger partial charge in [-0.15, -0.1) is 0 Å². The summed E-state index contributed by atoms with van der Waals surface area (Å²) >= 11 is 5.75. The summed E-state index contributed by atoms with van der Waals surface area (Å²) in [6, 6.07) is -5.67. The molecule has 0 aromatic heterocycles. The SMILES string of the molecule is [2H]c1c([2H])c(Cl)c([2H])c(C(=O)[C@]([2H])(NC(C)(C)C)C([2H])([2H])[2H])c1[2H]. The lowest BCUT2D eigenvalue weighted by molar-refractivity contribution is 0.0936. The van der Waals surface area contributed by atoms with Gasteiger partial charge in [-0.1, -0.05) is 23.7 Å². The predicted octanol–water partition coefficient (Wildman–Crippen LogP) is 3.30. The van der Waals surface area contributed by atoms with E-state index in [0.29, 0.717) is 0 Å². The normalized spacial score (nSPS) is 23.5. The number of hydrogen-bond donors (Lipinski definition) is 1. The Labute approximate surface area is 113 Å². The van der Waals surface area contributed by atoms with Gasteiger partial charge >= 0.3 is 0 Å². The van der Waals surface area contributed by atoms with Gasteiger partial charge in [0.1, 0.15) is 0 Å². The van der Waals surface area contributed by atoms with Crippen LogP contribution < -0.4 is 5.32 Å². The molecule has 3 heteroatoms. The second-order valence-corrected chi connectivity index (χ2v) is 4.65. The van der Waals surface area contributed by atoms with Crippen LogP contribution in [0.3, 0.4) is 0 Å². The first kappa shape index (κ1) is 5.65. The molecule has 0 unspecified atom stereocenters.